The maximum Gasteiger partial charge on any atom is 0.143 e. The summed E-state index contributed by atoms with van der Waals surface area (Å²) in [4.78, 5) is 0. The average Bonchev–Trinajstić information content (AvgIpc) is 2.48. The zero-order chi connectivity index (χ0) is 8.10. The second-order valence-electron chi connectivity index (χ2n) is 3.50. The van der Waals surface area contributed by atoms with Crippen molar-refractivity contribution in [2.24, 2.45) is 5.92 Å². The number of rotatable bonds is 4. The molecule has 0 bridgehead atoms. The first-order valence-electron chi connectivity index (χ1n) is 4.95. The molecule has 1 rings (SSSR count). The second-order valence-corrected chi connectivity index (χ2v) is 3.50. The Labute approximate surface area is 74.9 Å². The van der Waals surface area contributed by atoms with Crippen molar-refractivity contribution in [1.82, 2.24) is 0 Å². The lowest BCUT2D eigenvalue weighted by atomic mass is 10.1. The molecule has 0 saturated carbocycles. The molecule has 0 aromatic carbocycles. The maximum atomic E-state index is 2.50. The van der Waals surface area contributed by atoms with Crippen LogP contribution in [0.1, 0.15) is 39.5 Å². The van der Waals surface area contributed by atoms with E-state index in [4.69, 9.17) is 0 Å². The van der Waals surface area contributed by atoms with E-state index in [0.717, 1.165) is 5.92 Å². The Morgan fingerprint density at radius 1 is 1.42 bits per heavy atom. The van der Waals surface area contributed by atoms with Crippen molar-refractivity contribution in [2.45, 2.75) is 39.5 Å². The molecule has 1 heterocycles. The fourth-order valence-corrected chi connectivity index (χ4v) is 1.64. The van der Waals surface area contributed by atoms with Gasteiger partial charge in [-0.25, -0.2) is 4.58 Å². The van der Waals surface area contributed by atoms with E-state index in [1.165, 1.54) is 38.8 Å². The molecule has 1 unspecified atom stereocenters. The van der Waals surface area contributed by atoms with Gasteiger partial charge in [-0.3, -0.25) is 0 Å². The normalized spacial score (nSPS) is 21.8. The van der Waals surface area contributed by atoms with Crippen molar-refractivity contribution in [3.63, 3.8) is 0 Å². The van der Waals surface area contributed by atoms with Gasteiger partial charge in [-0.15, -0.1) is 0 Å². The van der Waals surface area contributed by atoms with Gasteiger partial charge in [0.2, 0.25) is 0 Å². The topological polar surface area (TPSA) is 3.01 Å². The van der Waals surface area contributed by atoms with Crippen LogP contribution in [-0.4, -0.2) is 23.9 Å². The minimum Gasteiger partial charge on any atom is -1.00 e. The van der Waals surface area contributed by atoms with Crippen molar-refractivity contribution in [1.29, 1.82) is 0 Å². The van der Waals surface area contributed by atoms with Gasteiger partial charge < -0.3 is 4.70 Å². The van der Waals surface area contributed by atoms with Crippen LogP contribution < -0.4 is 4.70 Å². The maximum absolute atomic E-state index is 2.50. The number of hydrogen-bond donors (Lipinski definition) is 0. The van der Waals surface area contributed by atoms with Crippen LogP contribution in [0, 0.1) is 5.92 Å². The fraction of sp³-hybridized carbons (Fsp3) is 0.900. The molecule has 0 radical (unpaired) electrons. The van der Waals surface area contributed by atoms with Gasteiger partial charge in [-0.2, -0.15) is 0 Å². The van der Waals surface area contributed by atoms with Gasteiger partial charge in [-0.1, -0.05) is 20.3 Å². The summed E-state index contributed by atoms with van der Waals surface area (Å²) in [6, 6.07) is 0. The minimum absolute atomic E-state index is 0. The lowest BCUT2D eigenvalue weighted by Gasteiger charge is -1.93. The van der Waals surface area contributed by atoms with Gasteiger partial charge in [0.1, 0.15) is 19.3 Å². The number of halogens is 1. The number of hydrogen-bond acceptors (Lipinski definition) is 0. The standard InChI is InChI=1S/C10H20N.FH/c1-3-5-7-11-8-6-10(4-2)9-11;/h9-10H,3-8H2,1-2H3;1H/q+1;/p-1. The van der Waals surface area contributed by atoms with E-state index >= 15 is 0 Å². The predicted molar refractivity (Wildman–Crippen MR) is 49.4 cm³/mol. The zero-order valence-corrected chi connectivity index (χ0v) is 8.22. The Bertz CT molecular complexity index is 143. The largest absolute Gasteiger partial charge is 1.00 e. The zero-order valence-electron chi connectivity index (χ0n) is 8.22. The van der Waals surface area contributed by atoms with E-state index in [-0.39, 0.29) is 4.70 Å². The summed E-state index contributed by atoms with van der Waals surface area (Å²) in [6.07, 6.45) is 7.83. The first-order valence-corrected chi connectivity index (χ1v) is 4.95. The van der Waals surface area contributed by atoms with E-state index in [1.807, 2.05) is 0 Å². The molecule has 72 valence electrons. The highest BCUT2D eigenvalue weighted by atomic mass is 19.0. The number of nitrogens with zero attached hydrogens (tertiary/aromatic N) is 1. The van der Waals surface area contributed by atoms with Crippen molar-refractivity contribution in [2.75, 3.05) is 13.1 Å². The van der Waals surface area contributed by atoms with Crippen LogP contribution in [0.15, 0.2) is 0 Å². The summed E-state index contributed by atoms with van der Waals surface area (Å²) in [7, 11) is 0. The SMILES string of the molecule is CCCC[N+]1=CC(CC)CC1.[F-]. The molecule has 1 nitrogen and oxygen atoms in total. The molecule has 0 N–H and O–H groups in total. The van der Waals surface area contributed by atoms with Crippen LogP contribution in [-0.2, 0) is 0 Å². The monoisotopic (exact) mass is 173 g/mol. The predicted octanol–water partition coefficient (Wildman–Crippen LogP) is -0.696. The first kappa shape index (κ1) is 11.6. The van der Waals surface area contributed by atoms with Crippen LogP contribution in [0.4, 0.5) is 0 Å². The molecule has 12 heavy (non-hydrogen) atoms. The van der Waals surface area contributed by atoms with Crippen molar-refractivity contribution >= 4 is 6.21 Å². The van der Waals surface area contributed by atoms with E-state index in [0.29, 0.717) is 0 Å². The third-order valence-corrected chi connectivity index (χ3v) is 2.53. The van der Waals surface area contributed by atoms with E-state index in [2.05, 4.69) is 24.6 Å². The molecule has 2 heteroatoms. The molecular formula is C10H20FN. The third kappa shape index (κ3) is 3.33. The Balaban J connectivity index is 0.00000121. The first-order chi connectivity index (χ1) is 5.36. The van der Waals surface area contributed by atoms with E-state index in [9.17, 15) is 0 Å². The van der Waals surface area contributed by atoms with Gasteiger partial charge in [0, 0.05) is 18.8 Å². The lowest BCUT2D eigenvalue weighted by Crippen LogP contribution is -3.00. The van der Waals surface area contributed by atoms with E-state index in [1.54, 1.807) is 0 Å². The Hall–Kier alpha value is -0.400. The fourth-order valence-electron chi connectivity index (χ4n) is 1.64. The number of unbranched alkanes of at least 4 members (excludes halogenated alkanes) is 1. The molecule has 0 amide bonds. The molecule has 0 saturated heterocycles. The molecule has 0 aromatic heterocycles. The quantitative estimate of drug-likeness (QED) is 0.495. The van der Waals surface area contributed by atoms with Crippen LogP contribution in [0.3, 0.4) is 0 Å². The summed E-state index contributed by atoms with van der Waals surface area (Å²) in [5.74, 6) is 0.881. The van der Waals surface area contributed by atoms with Crippen LogP contribution in [0.5, 0.6) is 0 Å². The highest BCUT2D eigenvalue weighted by Gasteiger charge is 2.19. The van der Waals surface area contributed by atoms with Gasteiger partial charge in [-0.05, 0) is 6.42 Å². The summed E-state index contributed by atoms with van der Waals surface area (Å²) in [5, 5.41) is 0. The third-order valence-electron chi connectivity index (χ3n) is 2.53. The molecule has 0 aromatic rings. The van der Waals surface area contributed by atoms with Gasteiger partial charge in [0.25, 0.3) is 0 Å². The Kier molecular flexibility index (Phi) is 5.95. The Morgan fingerprint density at radius 2 is 2.17 bits per heavy atom. The Morgan fingerprint density at radius 3 is 2.67 bits per heavy atom. The summed E-state index contributed by atoms with van der Waals surface area (Å²) >= 11 is 0. The van der Waals surface area contributed by atoms with Crippen molar-refractivity contribution in [3.8, 4) is 0 Å². The smallest absolute Gasteiger partial charge is 0.143 e. The van der Waals surface area contributed by atoms with Gasteiger partial charge >= 0.3 is 0 Å². The van der Waals surface area contributed by atoms with Gasteiger partial charge in [0.05, 0.1) is 0 Å². The van der Waals surface area contributed by atoms with Crippen molar-refractivity contribution in [3.05, 3.63) is 0 Å². The highest BCUT2D eigenvalue weighted by Crippen LogP contribution is 2.11. The minimum atomic E-state index is 0. The molecular weight excluding hydrogens is 153 g/mol. The van der Waals surface area contributed by atoms with Gasteiger partial charge in [0.15, 0.2) is 0 Å². The highest BCUT2D eigenvalue weighted by molar-refractivity contribution is 5.56. The van der Waals surface area contributed by atoms with Crippen LogP contribution >= 0.6 is 0 Å². The van der Waals surface area contributed by atoms with E-state index < -0.39 is 0 Å². The average molecular weight is 173 g/mol. The molecule has 0 spiro atoms. The lowest BCUT2D eigenvalue weighted by molar-refractivity contribution is -0.516. The molecule has 0 fully saturated rings. The molecule has 1 atom stereocenters. The van der Waals surface area contributed by atoms with Crippen LogP contribution in [0.25, 0.3) is 0 Å². The second kappa shape index (κ2) is 6.15. The summed E-state index contributed by atoms with van der Waals surface area (Å²) in [6.45, 7) is 7.13. The molecule has 0 aliphatic carbocycles. The summed E-state index contributed by atoms with van der Waals surface area (Å²) < 4.78 is 2.50. The van der Waals surface area contributed by atoms with Crippen molar-refractivity contribution < 1.29 is 9.28 Å². The molecule has 1 aliphatic rings. The summed E-state index contributed by atoms with van der Waals surface area (Å²) in [5.41, 5.74) is 0. The van der Waals surface area contributed by atoms with Crippen LogP contribution in [0.2, 0.25) is 0 Å². The molecule has 1 aliphatic heterocycles.